The fourth-order valence-electron chi connectivity index (χ4n) is 1.76. The zero-order valence-corrected chi connectivity index (χ0v) is 11.1. The highest BCUT2D eigenvalue weighted by molar-refractivity contribution is 6.01. The van der Waals surface area contributed by atoms with Crippen molar-refractivity contribution in [1.29, 1.82) is 5.26 Å². The molecule has 0 aliphatic heterocycles. The Morgan fingerprint density at radius 3 is 2.60 bits per heavy atom. The van der Waals surface area contributed by atoms with Crippen molar-refractivity contribution < 1.29 is 4.79 Å². The summed E-state index contributed by atoms with van der Waals surface area (Å²) in [5.74, 6) is -0.198. The van der Waals surface area contributed by atoms with Gasteiger partial charge in [0.05, 0.1) is 11.6 Å². The molecule has 3 heteroatoms. The van der Waals surface area contributed by atoms with Crippen molar-refractivity contribution in [3.63, 3.8) is 0 Å². The minimum Gasteiger partial charge on any atom is -0.323 e. The monoisotopic (exact) mass is 262 g/mol. The fraction of sp³-hybridized carbons (Fsp3) is 0.0588. The normalized spacial score (nSPS) is 10.2. The Kier molecular flexibility index (Phi) is 4.31. The van der Waals surface area contributed by atoms with Gasteiger partial charge in [-0.15, -0.1) is 0 Å². The van der Waals surface area contributed by atoms with Gasteiger partial charge in [-0.2, -0.15) is 5.26 Å². The van der Waals surface area contributed by atoms with E-state index in [-0.39, 0.29) is 5.91 Å². The number of anilines is 1. The van der Waals surface area contributed by atoms with E-state index in [9.17, 15) is 4.79 Å². The molecule has 0 aliphatic carbocycles. The summed E-state index contributed by atoms with van der Waals surface area (Å²) >= 11 is 0. The quantitative estimate of drug-likeness (QED) is 0.860. The lowest BCUT2D eigenvalue weighted by Gasteiger charge is -2.01. The maximum absolute atomic E-state index is 11.8. The van der Waals surface area contributed by atoms with Crippen LogP contribution < -0.4 is 5.32 Å². The molecule has 2 aromatic rings. The summed E-state index contributed by atoms with van der Waals surface area (Å²) in [5.41, 5.74) is 3.38. The Morgan fingerprint density at radius 1 is 1.20 bits per heavy atom. The van der Waals surface area contributed by atoms with E-state index in [1.54, 1.807) is 30.3 Å². The molecule has 0 atom stereocenters. The Morgan fingerprint density at radius 2 is 1.95 bits per heavy atom. The van der Waals surface area contributed by atoms with Crippen LogP contribution in [0.4, 0.5) is 5.69 Å². The molecule has 0 heterocycles. The summed E-state index contributed by atoms with van der Waals surface area (Å²) in [4.78, 5) is 11.8. The van der Waals surface area contributed by atoms with Gasteiger partial charge in [-0.3, -0.25) is 4.79 Å². The van der Waals surface area contributed by atoms with Crippen LogP contribution in [-0.2, 0) is 4.79 Å². The van der Waals surface area contributed by atoms with Crippen LogP contribution in [0.3, 0.4) is 0 Å². The van der Waals surface area contributed by atoms with Gasteiger partial charge in [-0.25, -0.2) is 0 Å². The van der Waals surface area contributed by atoms with Gasteiger partial charge < -0.3 is 5.32 Å². The van der Waals surface area contributed by atoms with Crippen LogP contribution in [0.15, 0.2) is 54.6 Å². The SMILES string of the molecule is Cc1cccc(/C=C/C(=O)Nc2ccc(C#N)cc2)c1. The predicted octanol–water partition coefficient (Wildman–Crippen LogP) is 3.52. The summed E-state index contributed by atoms with van der Waals surface area (Å²) in [7, 11) is 0. The Bertz CT molecular complexity index is 679. The molecular formula is C17H14N2O. The second kappa shape index (κ2) is 6.35. The van der Waals surface area contributed by atoms with Gasteiger partial charge in [0.1, 0.15) is 0 Å². The number of rotatable bonds is 3. The highest BCUT2D eigenvalue weighted by Crippen LogP contribution is 2.09. The average Bonchev–Trinajstić information content (AvgIpc) is 2.46. The van der Waals surface area contributed by atoms with Crippen molar-refractivity contribution in [3.05, 3.63) is 71.3 Å². The maximum atomic E-state index is 11.8. The molecule has 1 amide bonds. The molecule has 98 valence electrons. The van der Waals surface area contributed by atoms with Crippen LogP contribution in [0.1, 0.15) is 16.7 Å². The zero-order chi connectivity index (χ0) is 14.4. The van der Waals surface area contributed by atoms with E-state index in [2.05, 4.69) is 5.32 Å². The van der Waals surface area contributed by atoms with Crippen LogP contribution in [0.5, 0.6) is 0 Å². The number of hydrogen-bond donors (Lipinski definition) is 1. The first kappa shape index (κ1) is 13.6. The summed E-state index contributed by atoms with van der Waals surface area (Å²) in [6.45, 7) is 2.01. The molecule has 0 aliphatic rings. The summed E-state index contributed by atoms with van der Waals surface area (Å²) in [6.07, 6.45) is 3.26. The number of nitrogens with zero attached hydrogens (tertiary/aromatic N) is 1. The number of hydrogen-bond acceptors (Lipinski definition) is 2. The third kappa shape index (κ3) is 3.82. The van der Waals surface area contributed by atoms with Crippen LogP contribution >= 0.6 is 0 Å². The molecular weight excluding hydrogens is 248 g/mol. The first-order valence-corrected chi connectivity index (χ1v) is 6.23. The second-order valence-electron chi connectivity index (χ2n) is 4.43. The number of aryl methyl sites for hydroxylation is 1. The zero-order valence-electron chi connectivity index (χ0n) is 11.1. The molecule has 0 radical (unpaired) electrons. The number of nitriles is 1. The summed E-state index contributed by atoms with van der Waals surface area (Å²) in [6, 6.07) is 16.7. The lowest BCUT2D eigenvalue weighted by Crippen LogP contribution is -2.07. The molecule has 20 heavy (non-hydrogen) atoms. The van der Waals surface area contributed by atoms with E-state index in [1.165, 1.54) is 6.08 Å². The van der Waals surface area contributed by atoms with Gasteiger partial charge in [0.15, 0.2) is 0 Å². The molecule has 0 saturated heterocycles. The van der Waals surface area contributed by atoms with E-state index in [0.717, 1.165) is 11.1 Å². The summed E-state index contributed by atoms with van der Waals surface area (Å²) < 4.78 is 0. The lowest BCUT2D eigenvalue weighted by atomic mass is 10.1. The first-order valence-electron chi connectivity index (χ1n) is 6.23. The number of carbonyl (C=O) groups excluding carboxylic acids is 1. The third-order valence-corrected chi connectivity index (χ3v) is 2.75. The number of nitrogens with one attached hydrogen (secondary N) is 1. The van der Waals surface area contributed by atoms with Gasteiger partial charge in [0, 0.05) is 11.8 Å². The highest BCUT2D eigenvalue weighted by Gasteiger charge is 1.98. The van der Waals surface area contributed by atoms with E-state index in [0.29, 0.717) is 11.3 Å². The largest absolute Gasteiger partial charge is 0.323 e. The van der Waals surface area contributed by atoms with Crippen LogP contribution in [-0.4, -0.2) is 5.91 Å². The van der Waals surface area contributed by atoms with Crippen LogP contribution in [0, 0.1) is 18.3 Å². The molecule has 1 N–H and O–H groups in total. The van der Waals surface area contributed by atoms with Crippen molar-refractivity contribution in [2.45, 2.75) is 6.92 Å². The molecule has 0 aromatic heterocycles. The molecule has 0 spiro atoms. The lowest BCUT2D eigenvalue weighted by molar-refractivity contribution is -0.111. The van der Waals surface area contributed by atoms with Crippen molar-refractivity contribution >= 4 is 17.7 Å². The smallest absolute Gasteiger partial charge is 0.248 e. The van der Waals surface area contributed by atoms with E-state index in [4.69, 9.17) is 5.26 Å². The van der Waals surface area contributed by atoms with E-state index >= 15 is 0 Å². The minimum atomic E-state index is -0.198. The number of amides is 1. The van der Waals surface area contributed by atoms with Gasteiger partial charge >= 0.3 is 0 Å². The number of carbonyl (C=O) groups is 1. The molecule has 2 aromatic carbocycles. The molecule has 0 fully saturated rings. The maximum Gasteiger partial charge on any atom is 0.248 e. The molecule has 0 unspecified atom stereocenters. The van der Waals surface area contributed by atoms with Crippen molar-refractivity contribution in [1.82, 2.24) is 0 Å². The van der Waals surface area contributed by atoms with E-state index < -0.39 is 0 Å². The van der Waals surface area contributed by atoms with Crippen LogP contribution in [0.2, 0.25) is 0 Å². The third-order valence-electron chi connectivity index (χ3n) is 2.75. The Hall–Kier alpha value is -2.86. The van der Waals surface area contributed by atoms with Gasteiger partial charge in [0.2, 0.25) is 5.91 Å². The van der Waals surface area contributed by atoms with Gasteiger partial charge in [-0.1, -0.05) is 29.8 Å². The highest BCUT2D eigenvalue weighted by atomic mass is 16.1. The fourth-order valence-corrected chi connectivity index (χ4v) is 1.76. The predicted molar refractivity (Wildman–Crippen MR) is 80.0 cm³/mol. The molecule has 3 nitrogen and oxygen atoms in total. The molecule has 0 saturated carbocycles. The standard InChI is InChI=1S/C17H14N2O/c1-13-3-2-4-14(11-13)7-10-17(20)19-16-8-5-15(12-18)6-9-16/h2-11H,1H3,(H,19,20)/b10-7+. The Balaban J connectivity index is 2.00. The molecule has 2 rings (SSSR count). The van der Waals surface area contributed by atoms with Gasteiger partial charge in [0.25, 0.3) is 0 Å². The molecule has 0 bridgehead atoms. The minimum absolute atomic E-state index is 0.198. The van der Waals surface area contributed by atoms with E-state index in [1.807, 2.05) is 37.3 Å². The second-order valence-corrected chi connectivity index (χ2v) is 4.43. The van der Waals surface area contributed by atoms with Crippen LogP contribution in [0.25, 0.3) is 6.08 Å². The first-order chi connectivity index (χ1) is 9.67. The Labute approximate surface area is 118 Å². The van der Waals surface area contributed by atoms with Crippen molar-refractivity contribution in [3.8, 4) is 6.07 Å². The summed E-state index contributed by atoms with van der Waals surface area (Å²) in [5, 5.41) is 11.4. The topological polar surface area (TPSA) is 52.9 Å². The van der Waals surface area contributed by atoms with Gasteiger partial charge in [-0.05, 0) is 42.8 Å². The van der Waals surface area contributed by atoms with Crippen molar-refractivity contribution in [2.75, 3.05) is 5.32 Å². The van der Waals surface area contributed by atoms with Crippen molar-refractivity contribution in [2.24, 2.45) is 0 Å². The number of benzene rings is 2. The average molecular weight is 262 g/mol.